The number of nitrogens with zero attached hydrogens (tertiary/aromatic N) is 1. The molecule has 0 spiro atoms. The number of hydrogen-bond acceptors (Lipinski definition) is 2. The van der Waals surface area contributed by atoms with Gasteiger partial charge in [-0.15, -0.1) is 0 Å². The molecule has 0 bridgehead atoms. The fraction of sp³-hybridized carbons (Fsp3) is 0.308. The van der Waals surface area contributed by atoms with Crippen LogP contribution in [0.3, 0.4) is 0 Å². The highest BCUT2D eigenvalue weighted by Gasteiger charge is 2.09. The highest BCUT2D eigenvalue weighted by molar-refractivity contribution is 5.66. The third-order valence-corrected chi connectivity index (χ3v) is 2.72. The van der Waals surface area contributed by atoms with E-state index < -0.39 is 0 Å². The van der Waals surface area contributed by atoms with E-state index in [2.05, 4.69) is 47.3 Å². The average molecular weight is 215 g/mol. The summed E-state index contributed by atoms with van der Waals surface area (Å²) in [6, 6.07) is 6.45. The zero-order valence-electron chi connectivity index (χ0n) is 9.96. The standard InChI is InChI=1S/C13H17N3/c1-9-4-5-10(2)11(6-9)13-12(7-14-3)15-8-16-13/h4-6,8,14H,7H2,1-3H3,(H,15,16). The highest BCUT2D eigenvalue weighted by atomic mass is 14.9. The summed E-state index contributed by atoms with van der Waals surface area (Å²) >= 11 is 0. The summed E-state index contributed by atoms with van der Waals surface area (Å²) in [6.45, 7) is 5.03. The van der Waals surface area contributed by atoms with Gasteiger partial charge in [-0.25, -0.2) is 4.98 Å². The molecule has 2 aromatic rings. The zero-order chi connectivity index (χ0) is 11.5. The van der Waals surface area contributed by atoms with Gasteiger partial charge >= 0.3 is 0 Å². The van der Waals surface area contributed by atoms with Gasteiger partial charge in [0.25, 0.3) is 0 Å². The lowest BCUT2D eigenvalue weighted by molar-refractivity contribution is 0.798. The van der Waals surface area contributed by atoms with Gasteiger partial charge in [-0.1, -0.05) is 17.7 Å². The van der Waals surface area contributed by atoms with E-state index in [1.165, 1.54) is 16.7 Å². The second-order valence-corrected chi connectivity index (χ2v) is 4.08. The van der Waals surface area contributed by atoms with Crippen LogP contribution in [0.2, 0.25) is 0 Å². The molecule has 0 aliphatic rings. The number of aromatic nitrogens is 2. The molecule has 16 heavy (non-hydrogen) atoms. The van der Waals surface area contributed by atoms with Crippen LogP contribution in [0, 0.1) is 13.8 Å². The third-order valence-electron chi connectivity index (χ3n) is 2.72. The van der Waals surface area contributed by atoms with Crippen molar-refractivity contribution < 1.29 is 0 Å². The molecule has 1 aromatic heterocycles. The summed E-state index contributed by atoms with van der Waals surface area (Å²) in [5.74, 6) is 0. The van der Waals surface area contributed by atoms with Crippen LogP contribution in [0.15, 0.2) is 24.5 Å². The smallest absolute Gasteiger partial charge is 0.0929 e. The SMILES string of the molecule is CNCc1[nH]cnc1-c1cc(C)ccc1C. The van der Waals surface area contributed by atoms with Gasteiger partial charge in [-0.2, -0.15) is 0 Å². The monoisotopic (exact) mass is 215 g/mol. The minimum Gasteiger partial charge on any atom is -0.347 e. The molecule has 0 fully saturated rings. The second-order valence-electron chi connectivity index (χ2n) is 4.08. The number of aryl methyl sites for hydroxylation is 2. The molecule has 0 saturated heterocycles. The van der Waals surface area contributed by atoms with Gasteiger partial charge in [-0.05, 0) is 32.5 Å². The van der Waals surface area contributed by atoms with Crippen molar-refractivity contribution in [1.82, 2.24) is 15.3 Å². The van der Waals surface area contributed by atoms with E-state index in [1.807, 2.05) is 7.05 Å². The van der Waals surface area contributed by atoms with Gasteiger partial charge in [-0.3, -0.25) is 0 Å². The first-order chi connectivity index (χ1) is 7.72. The van der Waals surface area contributed by atoms with Crippen LogP contribution >= 0.6 is 0 Å². The normalized spacial score (nSPS) is 10.7. The molecular weight excluding hydrogens is 198 g/mol. The lowest BCUT2D eigenvalue weighted by atomic mass is 10.0. The van der Waals surface area contributed by atoms with Crippen molar-refractivity contribution >= 4 is 0 Å². The van der Waals surface area contributed by atoms with E-state index in [9.17, 15) is 0 Å². The van der Waals surface area contributed by atoms with E-state index >= 15 is 0 Å². The lowest BCUT2D eigenvalue weighted by Crippen LogP contribution is -2.06. The van der Waals surface area contributed by atoms with Crippen LogP contribution in [0.4, 0.5) is 0 Å². The number of rotatable bonds is 3. The van der Waals surface area contributed by atoms with Crippen molar-refractivity contribution in [3.05, 3.63) is 41.3 Å². The van der Waals surface area contributed by atoms with Crippen molar-refractivity contribution in [2.75, 3.05) is 7.05 Å². The molecule has 3 heteroatoms. The van der Waals surface area contributed by atoms with Gasteiger partial charge in [0.1, 0.15) is 0 Å². The Morgan fingerprint density at radius 3 is 2.88 bits per heavy atom. The molecule has 0 aliphatic heterocycles. The van der Waals surface area contributed by atoms with Crippen LogP contribution in [0.25, 0.3) is 11.3 Å². The van der Waals surface area contributed by atoms with Crippen molar-refractivity contribution in [3.8, 4) is 11.3 Å². The Balaban J connectivity index is 2.49. The number of benzene rings is 1. The van der Waals surface area contributed by atoms with Crippen molar-refractivity contribution in [3.63, 3.8) is 0 Å². The fourth-order valence-corrected chi connectivity index (χ4v) is 1.86. The van der Waals surface area contributed by atoms with E-state index in [0.29, 0.717) is 0 Å². The number of nitrogens with one attached hydrogen (secondary N) is 2. The predicted molar refractivity (Wildman–Crippen MR) is 66.3 cm³/mol. The minimum atomic E-state index is 0.808. The average Bonchev–Trinajstić information content (AvgIpc) is 2.70. The van der Waals surface area contributed by atoms with E-state index in [4.69, 9.17) is 0 Å². The van der Waals surface area contributed by atoms with Crippen molar-refractivity contribution in [2.45, 2.75) is 20.4 Å². The molecule has 0 saturated carbocycles. The number of aromatic amines is 1. The Hall–Kier alpha value is -1.61. The van der Waals surface area contributed by atoms with Crippen molar-refractivity contribution in [2.24, 2.45) is 0 Å². The molecule has 1 aromatic carbocycles. The van der Waals surface area contributed by atoms with Gasteiger partial charge in [0.2, 0.25) is 0 Å². The first-order valence-electron chi connectivity index (χ1n) is 5.47. The molecule has 2 N–H and O–H groups in total. The van der Waals surface area contributed by atoms with E-state index in [1.54, 1.807) is 6.33 Å². The summed E-state index contributed by atoms with van der Waals surface area (Å²) in [4.78, 5) is 7.59. The first-order valence-corrected chi connectivity index (χ1v) is 5.47. The lowest BCUT2D eigenvalue weighted by Gasteiger charge is -2.07. The topological polar surface area (TPSA) is 40.7 Å². The maximum atomic E-state index is 4.41. The fourth-order valence-electron chi connectivity index (χ4n) is 1.86. The van der Waals surface area contributed by atoms with Gasteiger partial charge in [0.05, 0.1) is 17.7 Å². The number of H-pyrrole nitrogens is 1. The van der Waals surface area contributed by atoms with Gasteiger partial charge in [0, 0.05) is 12.1 Å². The number of hydrogen-bond donors (Lipinski definition) is 2. The summed E-state index contributed by atoms with van der Waals surface area (Å²) in [5.41, 5.74) is 5.92. The second kappa shape index (κ2) is 4.49. The molecule has 0 aliphatic carbocycles. The van der Waals surface area contributed by atoms with Crippen LogP contribution < -0.4 is 5.32 Å². The predicted octanol–water partition coefficient (Wildman–Crippen LogP) is 2.41. The van der Waals surface area contributed by atoms with Crippen LogP contribution in [-0.4, -0.2) is 17.0 Å². The molecular formula is C13H17N3. The Morgan fingerprint density at radius 1 is 1.31 bits per heavy atom. The van der Waals surface area contributed by atoms with E-state index in [0.717, 1.165) is 17.9 Å². The third kappa shape index (κ3) is 1.99. The zero-order valence-corrected chi connectivity index (χ0v) is 9.96. The minimum absolute atomic E-state index is 0.808. The maximum absolute atomic E-state index is 4.41. The molecule has 3 nitrogen and oxygen atoms in total. The molecule has 0 unspecified atom stereocenters. The largest absolute Gasteiger partial charge is 0.347 e. The first kappa shape index (κ1) is 10.9. The van der Waals surface area contributed by atoms with Crippen molar-refractivity contribution in [1.29, 1.82) is 0 Å². The van der Waals surface area contributed by atoms with Crippen LogP contribution in [0.5, 0.6) is 0 Å². The highest BCUT2D eigenvalue weighted by Crippen LogP contribution is 2.25. The molecule has 2 rings (SSSR count). The summed E-state index contributed by atoms with van der Waals surface area (Å²) in [7, 11) is 1.94. The van der Waals surface area contributed by atoms with Crippen LogP contribution in [-0.2, 0) is 6.54 Å². The Bertz CT molecular complexity index is 486. The number of imidazole rings is 1. The Labute approximate surface area is 95.9 Å². The molecule has 1 heterocycles. The quantitative estimate of drug-likeness (QED) is 0.825. The van der Waals surface area contributed by atoms with E-state index in [-0.39, 0.29) is 0 Å². The molecule has 0 amide bonds. The van der Waals surface area contributed by atoms with Gasteiger partial charge < -0.3 is 10.3 Å². The summed E-state index contributed by atoms with van der Waals surface area (Å²) in [5, 5.41) is 3.14. The summed E-state index contributed by atoms with van der Waals surface area (Å²) < 4.78 is 0. The molecule has 0 radical (unpaired) electrons. The van der Waals surface area contributed by atoms with Crippen LogP contribution in [0.1, 0.15) is 16.8 Å². The summed E-state index contributed by atoms with van der Waals surface area (Å²) in [6.07, 6.45) is 1.75. The molecule has 0 atom stereocenters. The Morgan fingerprint density at radius 2 is 2.12 bits per heavy atom. The maximum Gasteiger partial charge on any atom is 0.0929 e. The molecule has 84 valence electrons. The Kier molecular flexibility index (Phi) is 3.06. The van der Waals surface area contributed by atoms with Gasteiger partial charge in [0.15, 0.2) is 0 Å².